The Morgan fingerprint density at radius 2 is 2.25 bits per heavy atom. The molecule has 1 saturated heterocycles. The highest BCUT2D eigenvalue weighted by Gasteiger charge is 2.21. The summed E-state index contributed by atoms with van der Waals surface area (Å²) in [5.41, 5.74) is 0. The van der Waals surface area contributed by atoms with Crippen LogP contribution in [0.5, 0.6) is 0 Å². The van der Waals surface area contributed by atoms with Gasteiger partial charge in [-0.3, -0.25) is 4.79 Å². The number of likely N-dealkylation sites (N-methyl/N-ethyl adjacent to an activating group) is 1. The van der Waals surface area contributed by atoms with E-state index in [9.17, 15) is 4.79 Å². The van der Waals surface area contributed by atoms with E-state index in [2.05, 4.69) is 31.1 Å². The lowest BCUT2D eigenvalue weighted by molar-refractivity contribution is -0.131. The molecule has 0 saturated carbocycles. The molecule has 1 unspecified atom stereocenters. The molecule has 0 aromatic heterocycles. The van der Waals surface area contributed by atoms with Crippen molar-refractivity contribution < 1.29 is 4.79 Å². The molecule has 0 radical (unpaired) electrons. The van der Waals surface area contributed by atoms with Gasteiger partial charge in [0.2, 0.25) is 5.91 Å². The van der Waals surface area contributed by atoms with Crippen LogP contribution in [-0.4, -0.2) is 62.0 Å². The summed E-state index contributed by atoms with van der Waals surface area (Å²) in [6.07, 6.45) is 0.619. The van der Waals surface area contributed by atoms with Crippen LogP contribution in [0.3, 0.4) is 0 Å². The second-order valence-electron chi connectivity index (χ2n) is 5.29. The van der Waals surface area contributed by atoms with E-state index in [0.717, 1.165) is 26.2 Å². The van der Waals surface area contributed by atoms with Gasteiger partial charge in [-0.25, -0.2) is 0 Å². The SMILES string of the molecule is CC(C)CN(C)C(=O)CC1CN(C)CCN1. The molecule has 16 heavy (non-hydrogen) atoms. The summed E-state index contributed by atoms with van der Waals surface area (Å²) in [4.78, 5) is 16.0. The largest absolute Gasteiger partial charge is 0.345 e. The smallest absolute Gasteiger partial charge is 0.223 e. The van der Waals surface area contributed by atoms with Crippen molar-refractivity contribution in [2.75, 3.05) is 40.3 Å². The number of rotatable bonds is 4. The zero-order chi connectivity index (χ0) is 12.1. The second-order valence-corrected chi connectivity index (χ2v) is 5.29. The monoisotopic (exact) mass is 227 g/mol. The van der Waals surface area contributed by atoms with Crippen molar-refractivity contribution in [2.45, 2.75) is 26.3 Å². The predicted octanol–water partition coefficient (Wildman–Crippen LogP) is 0.395. The van der Waals surface area contributed by atoms with Crippen molar-refractivity contribution in [2.24, 2.45) is 5.92 Å². The fraction of sp³-hybridized carbons (Fsp3) is 0.917. The fourth-order valence-corrected chi connectivity index (χ4v) is 2.14. The molecule has 0 aliphatic carbocycles. The first-order valence-electron chi connectivity index (χ1n) is 6.15. The molecule has 4 heteroatoms. The molecule has 1 rings (SSSR count). The van der Waals surface area contributed by atoms with Gasteiger partial charge in [-0.2, -0.15) is 0 Å². The van der Waals surface area contributed by atoms with Crippen LogP contribution in [0, 0.1) is 5.92 Å². The highest BCUT2D eigenvalue weighted by molar-refractivity contribution is 5.76. The zero-order valence-corrected chi connectivity index (χ0v) is 11.0. The van der Waals surface area contributed by atoms with Gasteiger partial charge in [0.25, 0.3) is 0 Å². The number of hydrogen-bond acceptors (Lipinski definition) is 3. The van der Waals surface area contributed by atoms with E-state index in [0.29, 0.717) is 18.4 Å². The standard InChI is InChI=1S/C12H25N3O/c1-10(2)8-15(4)12(16)7-11-9-14(3)6-5-13-11/h10-11,13H,5-9H2,1-4H3. The molecule has 0 bridgehead atoms. The number of nitrogens with zero attached hydrogens (tertiary/aromatic N) is 2. The highest BCUT2D eigenvalue weighted by Crippen LogP contribution is 2.04. The molecule has 1 atom stereocenters. The normalized spacial score (nSPS) is 22.4. The van der Waals surface area contributed by atoms with Gasteiger partial charge in [0.1, 0.15) is 0 Å². The van der Waals surface area contributed by atoms with Crippen LogP contribution in [0.25, 0.3) is 0 Å². The topological polar surface area (TPSA) is 35.6 Å². The Morgan fingerprint density at radius 3 is 2.81 bits per heavy atom. The minimum Gasteiger partial charge on any atom is -0.345 e. The Kier molecular flexibility index (Phi) is 5.22. The lowest BCUT2D eigenvalue weighted by atomic mass is 10.1. The van der Waals surface area contributed by atoms with Gasteiger partial charge >= 0.3 is 0 Å². The van der Waals surface area contributed by atoms with Crippen molar-refractivity contribution in [1.29, 1.82) is 0 Å². The summed E-state index contributed by atoms with van der Waals surface area (Å²) in [7, 11) is 4.00. The highest BCUT2D eigenvalue weighted by atomic mass is 16.2. The van der Waals surface area contributed by atoms with Crippen molar-refractivity contribution in [3.05, 3.63) is 0 Å². The number of carbonyl (C=O) groups excluding carboxylic acids is 1. The Hall–Kier alpha value is -0.610. The van der Waals surface area contributed by atoms with E-state index < -0.39 is 0 Å². The first kappa shape index (κ1) is 13.5. The van der Waals surface area contributed by atoms with E-state index in [1.165, 1.54) is 0 Å². The molecule has 94 valence electrons. The molecule has 0 spiro atoms. The molecule has 1 aliphatic heterocycles. The van der Waals surface area contributed by atoms with E-state index >= 15 is 0 Å². The van der Waals surface area contributed by atoms with Gasteiger partial charge in [0, 0.05) is 45.7 Å². The molecule has 0 aromatic rings. The van der Waals surface area contributed by atoms with Crippen LogP contribution in [0.1, 0.15) is 20.3 Å². The minimum atomic E-state index is 0.251. The van der Waals surface area contributed by atoms with Crippen molar-refractivity contribution in [1.82, 2.24) is 15.1 Å². The van der Waals surface area contributed by atoms with Crippen molar-refractivity contribution in [3.63, 3.8) is 0 Å². The van der Waals surface area contributed by atoms with E-state index in [4.69, 9.17) is 0 Å². The zero-order valence-electron chi connectivity index (χ0n) is 11.0. The molecule has 1 amide bonds. The van der Waals surface area contributed by atoms with Gasteiger partial charge in [-0.15, -0.1) is 0 Å². The minimum absolute atomic E-state index is 0.251. The van der Waals surface area contributed by atoms with Crippen LogP contribution >= 0.6 is 0 Å². The van der Waals surface area contributed by atoms with Gasteiger partial charge < -0.3 is 15.1 Å². The number of piperazine rings is 1. The summed E-state index contributed by atoms with van der Waals surface area (Å²) in [5, 5.41) is 3.40. The number of hydrogen-bond donors (Lipinski definition) is 1. The average Bonchev–Trinajstić information content (AvgIpc) is 2.16. The lowest BCUT2D eigenvalue weighted by Gasteiger charge is -2.31. The fourth-order valence-electron chi connectivity index (χ4n) is 2.14. The average molecular weight is 227 g/mol. The Morgan fingerprint density at radius 1 is 1.56 bits per heavy atom. The summed E-state index contributed by atoms with van der Waals surface area (Å²) in [6.45, 7) is 8.16. The van der Waals surface area contributed by atoms with Gasteiger partial charge in [-0.1, -0.05) is 13.8 Å². The summed E-state index contributed by atoms with van der Waals surface area (Å²) in [6, 6.07) is 0.320. The second kappa shape index (κ2) is 6.21. The Bertz CT molecular complexity index is 230. The van der Waals surface area contributed by atoms with Crippen LogP contribution in [0.4, 0.5) is 0 Å². The first-order valence-corrected chi connectivity index (χ1v) is 6.15. The third kappa shape index (κ3) is 4.49. The van der Waals surface area contributed by atoms with Crippen LogP contribution in [0.2, 0.25) is 0 Å². The molecule has 1 fully saturated rings. The van der Waals surface area contributed by atoms with E-state index in [1.807, 2.05) is 11.9 Å². The van der Waals surface area contributed by atoms with E-state index in [1.54, 1.807) is 0 Å². The third-order valence-electron chi connectivity index (χ3n) is 2.94. The molecule has 1 aliphatic rings. The van der Waals surface area contributed by atoms with Crippen LogP contribution < -0.4 is 5.32 Å². The van der Waals surface area contributed by atoms with Gasteiger partial charge in [-0.05, 0) is 13.0 Å². The molecular weight excluding hydrogens is 202 g/mol. The molecule has 1 N–H and O–H groups in total. The predicted molar refractivity (Wildman–Crippen MR) is 66.4 cm³/mol. The van der Waals surface area contributed by atoms with Gasteiger partial charge in [0.05, 0.1) is 0 Å². The number of carbonyl (C=O) groups is 1. The molecule has 1 heterocycles. The Labute approximate surface area is 99.0 Å². The maximum absolute atomic E-state index is 11.9. The summed E-state index contributed by atoms with van der Waals surface area (Å²) in [5.74, 6) is 0.789. The molecular formula is C12H25N3O. The maximum atomic E-state index is 11.9. The summed E-state index contributed by atoms with van der Waals surface area (Å²) >= 11 is 0. The van der Waals surface area contributed by atoms with Crippen molar-refractivity contribution in [3.8, 4) is 0 Å². The van der Waals surface area contributed by atoms with E-state index in [-0.39, 0.29) is 5.91 Å². The third-order valence-corrected chi connectivity index (χ3v) is 2.94. The number of amides is 1. The molecule has 0 aromatic carbocycles. The van der Waals surface area contributed by atoms with Crippen molar-refractivity contribution >= 4 is 5.91 Å². The van der Waals surface area contributed by atoms with Crippen LogP contribution in [-0.2, 0) is 4.79 Å². The first-order chi connectivity index (χ1) is 7.49. The molecule has 4 nitrogen and oxygen atoms in total. The van der Waals surface area contributed by atoms with Gasteiger partial charge in [0.15, 0.2) is 0 Å². The lowest BCUT2D eigenvalue weighted by Crippen LogP contribution is -2.51. The Balaban J connectivity index is 2.32. The summed E-state index contributed by atoms with van der Waals surface area (Å²) < 4.78 is 0. The maximum Gasteiger partial charge on any atom is 0.223 e. The van der Waals surface area contributed by atoms with Crippen LogP contribution in [0.15, 0.2) is 0 Å². The number of nitrogens with one attached hydrogen (secondary N) is 1. The quantitative estimate of drug-likeness (QED) is 0.755.